The van der Waals surface area contributed by atoms with Gasteiger partial charge in [-0.1, -0.05) is 23.2 Å². The van der Waals surface area contributed by atoms with Gasteiger partial charge in [-0.05, 0) is 48.5 Å². The first-order chi connectivity index (χ1) is 15.3. The topological polar surface area (TPSA) is 63.1 Å². The summed E-state index contributed by atoms with van der Waals surface area (Å²) in [6.07, 6.45) is -9.36. The molecule has 2 amide bonds. The van der Waals surface area contributed by atoms with Crippen molar-refractivity contribution < 1.29 is 31.1 Å². The normalized spacial score (nSPS) is 11.9. The molecular formula is C20H11Cl2F6N3O2. The number of nitrogens with zero attached hydrogens (tertiary/aromatic N) is 1. The van der Waals surface area contributed by atoms with Crippen LogP contribution in [0.5, 0.6) is 0 Å². The summed E-state index contributed by atoms with van der Waals surface area (Å²) in [5.74, 6) is 0. The smallest absolute Gasteiger partial charge is 0.308 e. The Hall–Kier alpha value is -3.18. The van der Waals surface area contributed by atoms with Crippen LogP contribution in [0.2, 0.25) is 10.0 Å². The molecule has 3 rings (SSSR count). The van der Waals surface area contributed by atoms with Crippen LogP contribution in [0.25, 0.3) is 5.69 Å². The fourth-order valence-corrected chi connectivity index (χ4v) is 3.06. The molecule has 0 saturated carbocycles. The van der Waals surface area contributed by atoms with Gasteiger partial charge in [0.2, 0.25) is 0 Å². The summed E-state index contributed by atoms with van der Waals surface area (Å²) in [6.45, 7) is 0. The lowest BCUT2D eigenvalue weighted by atomic mass is 10.1. The quantitative estimate of drug-likeness (QED) is 0.380. The third kappa shape index (κ3) is 5.79. The van der Waals surface area contributed by atoms with Gasteiger partial charge in [-0.25, -0.2) is 4.79 Å². The van der Waals surface area contributed by atoms with E-state index >= 15 is 0 Å². The summed E-state index contributed by atoms with van der Waals surface area (Å²) in [5, 5.41) is 4.00. The summed E-state index contributed by atoms with van der Waals surface area (Å²) >= 11 is 11.4. The van der Waals surface area contributed by atoms with Crippen LogP contribution in [-0.4, -0.2) is 10.6 Å². The molecule has 0 fully saturated rings. The number of hydrogen-bond acceptors (Lipinski definition) is 2. The molecule has 0 aliphatic heterocycles. The third-order valence-corrected chi connectivity index (χ3v) is 4.76. The van der Waals surface area contributed by atoms with Crippen LogP contribution in [0, 0.1) is 0 Å². The van der Waals surface area contributed by atoms with Gasteiger partial charge in [0.1, 0.15) is 5.02 Å². The number of benzene rings is 2. The number of alkyl halides is 6. The molecule has 0 aliphatic rings. The second-order valence-electron chi connectivity index (χ2n) is 6.57. The molecule has 0 aliphatic carbocycles. The number of amides is 2. The van der Waals surface area contributed by atoms with Crippen LogP contribution in [0.4, 0.5) is 42.5 Å². The molecule has 33 heavy (non-hydrogen) atoms. The maximum Gasteiger partial charge on any atom is 0.417 e. The van der Waals surface area contributed by atoms with E-state index in [9.17, 15) is 35.9 Å². The number of anilines is 2. The Kier molecular flexibility index (Phi) is 6.66. The predicted octanol–water partition coefficient (Wildman–Crippen LogP) is 6.83. The van der Waals surface area contributed by atoms with Crippen LogP contribution in [0.3, 0.4) is 0 Å². The Morgan fingerprint density at radius 2 is 1.42 bits per heavy atom. The Labute approximate surface area is 191 Å². The molecule has 0 atom stereocenters. The number of aromatic nitrogens is 1. The fourth-order valence-electron chi connectivity index (χ4n) is 2.72. The molecule has 0 unspecified atom stereocenters. The van der Waals surface area contributed by atoms with E-state index in [1.54, 1.807) is 0 Å². The van der Waals surface area contributed by atoms with Crippen molar-refractivity contribution in [1.29, 1.82) is 0 Å². The van der Waals surface area contributed by atoms with Gasteiger partial charge in [-0.3, -0.25) is 9.36 Å². The molecule has 2 aromatic carbocycles. The number of hydrogen-bond donors (Lipinski definition) is 2. The third-order valence-electron chi connectivity index (χ3n) is 4.23. The number of rotatable bonds is 3. The van der Waals surface area contributed by atoms with E-state index in [1.165, 1.54) is 24.3 Å². The monoisotopic (exact) mass is 509 g/mol. The zero-order chi connectivity index (χ0) is 24.6. The maximum atomic E-state index is 13.2. The average molecular weight is 510 g/mol. The second kappa shape index (κ2) is 8.99. The Morgan fingerprint density at radius 3 is 2.00 bits per heavy atom. The van der Waals surface area contributed by atoms with E-state index in [4.69, 9.17) is 23.2 Å². The van der Waals surface area contributed by atoms with E-state index in [0.29, 0.717) is 34.0 Å². The number of carbonyl (C=O) groups excluding carboxylic acids is 1. The van der Waals surface area contributed by atoms with E-state index in [0.717, 1.165) is 6.07 Å². The first-order valence-electron chi connectivity index (χ1n) is 8.80. The maximum absolute atomic E-state index is 13.2. The average Bonchev–Trinajstić information content (AvgIpc) is 2.70. The summed E-state index contributed by atoms with van der Waals surface area (Å²) in [5.41, 5.74) is -4.49. The molecule has 174 valence electrons. The highest BCUT2D eigenvalue weighted by molar-refractivity contribution is 6.30. The van der Waals surface area contributed by atoms with Crippen LogP contribution in [0.15, 0.2) is 59.5 Å². The number of pyridine rings is 1. The molecular weight excluding hydrogens is 499 g/mol. The van der Waals surface area contributed by atoms with Crippen LogP contribution in [0.1, 0.15) is 11.1 Å². The van der Waals surface area contributed by atoms with Crippen molar-refractivity contribution in [3.63, 3.8) is 0 Å². The highest BCUT2D eigenvalue weighted by Crippen LogP contribution is 2.35. The van der Waals surface area contributed by atoms with E-state index in [1.807, 2.05) is 0 Å². The SMILES string of the molecule is O=C(Nc1ccc(Cl)cc1)Nc1cc(C(F)(F)F)ccc1-n1cc(C(F)(F)F)cc(Cl)c1=O. The molecule has 13 heteroatoms. The van der Waals surface area contributed by atoms with Gasteiger partial charge in [-0.15, -0.1) is 0 Å². The zero-order valence-electron chi connectivity index (χ0n) is 16.0. The minimum Gasteiger partial charge on any atom is -0.308 e. The standard InChI is InChI=1S/C20H11Cl2F6N3O2/c21-12-2-4-13(5-3-12)29-18(33)30-15-8-10(19(23,24)25)1-6-16(15)31-9-11(20(26,27)28)7-14(22)17(31)32/h1-9H,(H2,29,30,33). The van der Waals surface area contributed by atoms with Crippen molar-refractivity contribution in [2.75, 3.05) is 10.6 Å². The first-order valence-corrected chi connectivity index (χ1v) is 9.56. The number of halogens is 8. The van der Waals surface area contributed by atoms with Gasteiger partial charge in [0.15, 0.2) is 0 Å². The highest BCUT2D eigenvalue weighted by atomic mass is 35.5. The molecule has 0 radical (unpaired) electrons. The molecule has 1 heterocycles. The van der Waals surface area contributed by atoms with E-state index < -0.39 is 51.5 Å². The summed E-state index contributed by atoms with van der Waals surface area (Å²) in [7, 11) is 0. The van der Waals surface area contributed by atoms with Gasteiger partial charge in [0.05, 0.1) is 22.5 Å². The van der Waals surface area contributed by atoms with Gasteiger partial charge >= 0.3 is 18.4 Å². The van der Waals surface area contributed by atoms with Gasteiger partial charge in [0, 0.05) is 16.9 Å². The summed E-state index contributed by atoms with van der Waals surface area (Å²) in [4.78, 5) is 24.8. The number of urea groups is 1. The zero-order valence-corrected chi connectivity index (χ0v) is 17.5. The van der Waals surface area contributed by atoms with E-state index in [2.05, 4.69) is 10.6 Å². The molecule has 5 nitrogen and oxygen atoms in total. The predicted molar refractivity (Wildman–Crippen MR) is 111 cm³/mol. The van der Waals surface area contributed by atoms with Crippen molar-refractivity contribution in [1.82, 2.24) is 4.57 Å². The largest absolute Gasteiger partial charge is 0.417 e. The minimum absolute atomic E-state index is 0.227. The molecule has 0 bridgehead atoms. The van der Waals surface area contributed by atoms with Crippen molar-refractivity contribution in [2.45, 2.75) is 12.4 Å². The molecule has 0 saturated heterocycles. The van der Waals surface area contributed by atoms with Crippen LogP contribution >= 0.6 is 23.2 Å². The number of nitrogens with one attached hydrogen (secondary N) is 2. The van der Waals surface area contributed by atoms with Gasteiger partial charge in [-0.2, -0.15) is 26.3 Å². The minimum atomic E-state index is -4.90. The van der Waals surface area contributed by atoms with Gasteiger partial charge < -0.3 is 10.6 Å². The number of carbonyl (C=O) groups is 1. The lowest BCUT2D eigenvalue weighted by Gasteiger charge is -2.18. The molecule has 3 aromatic rings. The second-order valence-corrected chi connectivity index (χ2v) is 7.41. The Balaban J connectivity index is 2.09. The summed E-state index contributed by atoms with van der Waals surface area (Å²) in [6, 6.07) is 6.86. The Bertz CT molecular complexity index is 1250. The molecule has 0 spiro atoms. The highest BCUT2D eigenvalue weighted by Gasteiger charge is 2.34. The summed E-state index contributed by atoms with van der Waals surface area (Å²) < 4.78 is 79.6. The van der Waals surface area contributed by atoms with Crippen molar-refractivity contribution in [2.24, 2.45) is 0 Å². The van der Waals surface area contributed by atoms with Crippen molar-refractivity contribution in [3.8, 4) is 5.69 Å². The van der Waals surface area contributed by atoms with Gasteiger partial charge in [0.25, 0.3) is 5.56 Å². The first kappa shape index (κ1) is 24.5. The van der Waals surface area contributed by atoms with Crippen LogP contribution in [-0.2, 0) is 12.4 Å². The molecule has 2 N–H and O–H groups in total. The van der Waals surface area contributed by atoms with Crippen molar-refractivity contribution >= 4 is 40.6 Å². The van der Waals surface area contributed by atoms with Crippen molar-refractivity contribution in [3.05, 3.63) is 86.3 Å². The fraction of sp³-hybridized carbons (Fsp3) is 0.100. The van der Waals surface area contributed by atoms with E-state index in [-0.39, 0.29) is 5.69 Å². The lowest BCUT2D eigenvalue weighted by molar-refractivity contribution is -0.138. The van der Waals surface area contributed by atoms with Crippen LogP contribution < -0.4 is 16.2 Å². The lowest BCUT2D eigenvalue weighted by Crippen LogP contribution is -2.25. The Morgan fingerprint density at radius 1 is 0.818 bits per heavy atom. The molecule has 1 aromatic heterocycles.